The van der Waals surface area contributed by atoms with Crippen LogP contribution in [0.5, 0.6) is 11.5 Å². The summed E-state index contributed by atoms with van der Waals surface area (Å²) >= 11 is 0. The minimum absolute atomic E-state index is 0.310. The van der Waals surface area contributed by atoms with Gasteiger partial charge >= 0.3 is 0 Å². The highest BCUT2D eigenvalue weighted by Crippen LogP contribution is 2.40. The van der Waals surface area contributed by atoms with Crippen LogP contribution >= 0.6 is 0 Å². The normalized spacial score (nSPS) is 11.6. The number of benzene rings is 2. The summed E-state index contributed by atoms with van der Waals surface area (Å²) in [5, 5.41) is 7.39. The number of aromatic nitrogens is 1. The first-order chi connectivity index (χ1) is 15.5. The number of carbonyl (C=O) groups excluding carboxylic acids is 1. The highest BCUT2D eigenvalue weighted by atomic mass is 16.5. The molecule has 1 N–H and O–H groups in total. The van der Waals surface area contributed by atoms with Crippen LogP contribution in [0.3, 0.4) is 0 Å². The van der Waals surface area contributed by atoms with E-state index < -0.39 is 0 Å². The number of allylic oxidation sites excluding steroid dienone is 1. The zero-order chi connectivity index (χ0) is 22.7. The van der Waals surface area contributed by atoms with Crippen molar-refractivity contribution in [2.24, 2.45) is 0 Å². The van der Waals surface area contributed by atoms with Crippen molar-refractivity contribution in [1.29, 1.82) is 0 Å². The SMILES string of the molecule is CCOc1cc2occ(-c3ccccc3OC)c2cc1/C(C)=C/C(=O)Nc1cc(C)on1. The number of amides is 1. The fraction of sp³-hybridized carbons (Fsp3) is 0.200. The molecule has 164 valence electrons. The van der Waals surface area contributed by atoms with Crippen LogP contribution in [0.1, 0.15) is 25.2 Å². The number of carbonyl (C=O) groups is 1. The van der Waals surface area contributed by atoms with Gasteiger partial charge in [0.1, 0.15) is 22.8 Å². The number of ether oxygens (including phenoxy) is 2. The summed E-state index contributed by atoms with van der Waals surface area (Å²) in [7, 11) is 1.64. The summed E-state index contributed by atoms with van der Waals surface area (Å²) in [6.45, 7) is 6.02. The van der Waals surface area contributed by atoms with Crippen molar-refractivity contribution in [2.75, 3.05) is 19.0 Å². The lowest BCUT2D eigenvalue weighted by atomic mass is 9.98. The minimum Gasteiger partial charge on any atom is -0.496 e. The van der Waals surface area contributed by atoms with Gasteiger partial charge in [0.05, 0.1) is 20.0 Å². The van der Waals surface area contributed by atoms with Crippen LogP contribution in [-0.2, 0) is 4.79 Å². The maximum absolute atomic E-state index is 12.5. The van der Waals surface area contributed by atoms with Crippen molar-refractivity contribution in [3.05, 3.63) is 66.1 Å². The van der Waals surface area contributed by atoms with Gasteiger partial charge in [0.15, 0.2) is 5.82 Å². The van der Waals surface area contributed by atoms with Crippen molar-refractivity contribution < 1.29 is 23.2 Å². The molecule has 7 nitrogen and oxygen atoms in total. The lowest BCUT2D eigenvalue weighted by Crippen LogP contribution is -2.09. The number of methoxy groups -OCH3 is 1. The number of nitrogens with zero attached hydrogens (tertiary/aromatic N) is 1. The van der Waals surface area contributed by atoms with E-state index >= 15 is 0 Å². The number of nitrogens with one attached hydrogen (secondary N) is 1. The van der Waals surface area contributed by atoms with Crippen LogP contribution in [-0.4, -0.2) is 24.8 Å². The van der Waals surface area contributed by atoms with Crippen molar-refractivity contribution in [2.45, 2.75) is 20.8 Å². The van der Waals surface area contributed by atoms with E-state index in [1.54, 1.807) is 26.4 Å². The third-order valence-electron chi connectivity index (χ3n) is 5.02. The van der Waals surface area contributed by atoms with Gasteiger partial charge in [-0.05, 0) is 38.5 Å². The molecular weight excluding hydrogens is 408 g/mol. The average Bonchev–Trinajstić information content (AvgIpc) is 3.38. The van der Waals surface area contributed by atoms with Gasteiger partial charge < -0.3 is 23.7 Å². The van der Waals surface area contributed by atoms with Gasteiger partial charge in [0, 0.05) is 40.3 Å². The van der Waals surface area contributed by atoms with Crippen molar-refractivity contribution >= 4 is 28.3 Å². The first-order valence-electron chi connectivity index (χ1n) is 10.2. The lowest BCUT2D eigenvalue weighted by molar-refractivity contribution is -0.111. The molecule has 2 aromatic carbocycles. The molecule has 0 aliphatic heterocycles. The molecule has 32 heavy (non-hydrogen) atoms. The number of furan rings is 1. The number of fused-ring (bicyclic) bond motifs is 1. The van der Waals surface area contributed by atoms with Crippen molar-refractivity contribution in [1.82, 2.24) is 5.16 Å². The van der Waals surface area contributed by atoms with E-state index in [9.17, 15) is 4.79 Å². The highest BCUT2D eigenvalue weighted by molar-refractivity contribution is 6.05. The first-order valence-corrected chi connectivity index (χ1v) is 10.2. The fourth-order valence-electron chi connectivity index (χ4n) is 3.58. The number of rotatable bonds is 7. The summed E-state index contributed by atoms with van der Waals surface area (Å²) in [5.74, 6) is 2.06. The summed E-state index contributed by atoms with van der Waals surface area (Å²) < 4.78 is 22.2. The van der Waals surface area contributed by atoms with Crippen LogP contribution in [0.15, 0.2) is 63.7 Å². The maximum atomic E-state index is 12.5. The van der Waals surface area contributed by atoms with Gasteiger partial charge in [-0.3, -0.25) is 4.79 Å². The summed E-state index contributed by atoms with van der Waals surface area (Å²) in [6, 6.07) is 13.2. The third-order valence-corrected chi connectivity index (χ3v) is 5.02. The highest BCUT2D eigenvalue weighted by Gasteiger charge is 2.17. The van der Waals surface area contributed by atoms with Gasteiger partial charge in [-0.15, -0.1) is 0 Å². The van der Waals surface area contributed by atoms with E-state index in [2.05, 4.69) is 10.5 Å². The molecule has 0 radical (unpaired) electrons. The fourth-order valence-corrected chi connectivity index (χ4v) is 3.58. The standard InChI is InChI=1S/C25H24N2O5/c1-5-30-22-13-23-19(20(14-31-23)17-8-6-7-9-21(17)29-4)12-18(22)15(2)10-25(28)26-24-11-16(3)32-27-24/h6-14H,5H2,1-4H3,(H,26,27,28)/b15-10+. The molecule has 0 spiro atoms. The molecular formula is C25H24N2O5. The van der Waals surface area contributed by atoms with Crippen molar-refractivity contribution in [3.8, 4) is 22.6 Å². The maximum Gasteiger partial charge on any atom is 0.249 e. The van der Waals surface area contributed by atoms with E-state index in [0.717, 1.165) is 33.4 Å². The predicted molar refractivity (Wildman–Crippen MR) is 123 cm³/mol. The van der Waals surface area contributed by atoms with Crippen LogP contribution in [0, 0.1) is 6.92 Å². The Morgan fingerprint density at radius 1 is 1.16 bits per heavy atom. The minimum atomic E-state index is -0.310. The van der Waals surface area contributed by atoms with E-state index in [1.807, 2.05) is 50.2 Å². The van der Waals surface area contributed by atoms with Gasteiger partial charge in [0.2, 0.25) is 5.91 Å². The van der Waals surface area contributed by atoms with Crippen LogP contribution < -0.4 is 14.8 Å². The molecule has 4 aromatic rings. The zero-order valence-corrected chi connectivity index (χ0v) is 18.4. The molecule has 0 aliphatic rings. The smallest absolute Gasteiger partial charge is 0.249 e. The molecule has 7 heteroatoms. The second kappa shape index (κ2) is 9.01. The number of anilines is 1. The molecule has 1 amide bonds. The van der Waals surface area contributed by atoms with Crippen LogP contribution in [0.2, 0.25) is 0 Å². The molecule has 4 rings (SSSR count). The van der Waals surface area contributed by atoms with Gasteiger partial charge in [-0.1, -0.05) is 23.4 Å². The summed E-state index contributed by atoms with van der Waals surface area (Å²) in [4.78, 5) is 12.5. The largest absolute Gasteiger partial charge is 0.496 e. The van der Waals surface area contributed by atoms with Gasteiger partial charge in [-0.2, -0.15) is 0 Å². The second-order valence-corrected chi connectivity index (χ2v) is 7.27. The van der Waals surface area contributed by atoms with Crippen molar-refractivity contribution in [3.63, 3.8) is 0 Å². The quantitative estimate of drug-likeness (QED) is 0.369. The number of para-hydroxylation sites is 1. The molecule has 0 atom stereocenters. The van der Waals surface area contributed by atoms with E-state index in [0.29, 0.717) is 29.5 Å². The Balaban J connectivity index is 1.76. The van der Waals surface area contributed by atoms with Crippen LogP contribution in [0.25, 0.3) is 27.7 Å². The lowest BCUT2D eigenvalue weighted by Gasteiger charge is -2.12. The Morgan fingerprint density at radius 2 is 1.97 bits per heavy atom. The Bertz CT molecular complexity index is 1300. The Labute approximate surface area is 185 Å². The number of hydrogen-bond acceptors (Lipinski definition) is 6. The van der Waals surface area contributed by atoms with E-state index in [-0.39, 0.29) is 5.91 Å². The molecule has 2 heterocycles. The summed E-state index contributed by atoms with van der Waals surface area (Å²) in [5.41, 5.74) is 4.04. The third kappa shape index (κ3) is 4.23. The molecule has 0 saturated carbocycles. The molecule has 0 bridgehead atoms. The molecule has 0 saturated heterocycles. The zero-order valence-electron chi connectivity index (χ0n) is 18.4. The Hall–Kier alpha value is -4.00. The Kier molecular flexibility index (Phi) is 5.98. The molecule has 0 fully saturated rings. The van der Waals surface area contributed by atoms with E-state index in [1.165, 1.54) is 6.08 Å². The topological polar surface area (TPSA) is 86.7 Å². The number of hydrogen-bond donors (Lipinski definition) is 1. The molecule has 2 aromatic heterocycles. The number of aryl methyl sites for hydroxylation is 1. The Morgan fingerprint density at radius 3 is 2.69 bits per heavy atom. The first kappa shape index (κ1) is 21.2. The second-order valence-electron chi connectivity index (χ2n) is 7.27. The van der Waals surface area contributed by atoms with E-state index in [4.69, 9.17) is 18.4 Å². The molecule has 0 aliphatic carbocycles. The van der Waals surface area contributed by atoms with Gasteiger partial charge in [0.25, 0.3) is 0 Å². The molecule has 0 unspecified atom stereocenters. The van der Waals surface area contributed by atoms with Crippen LogP contribution in [0.4, 0.5) is 5.82 Å². The summed E-state index contributed by atoms with van der Waals surface area (Å²) in [6.07, 6.45) is 3.22. The average molecular weight is 432 g/mol. The predicted octanol–water partition coefficient (Wildman–Crippen LogP) is 5.85. The van der Waals surface area contributed by atoms with Gasteiger partial charge in [-0.25, -0.2) is 0 Å². The monoisotopic (exact) mass is 432 g/mol.